The Kier molecular flexibility index (Phi) is 4.52. The van der Waals surface area contributed by atoms with Gasteiger partial charge in [-0.15, -0.1) is 5.10 Å². The molecule has 4 nitrogen and oxygen atoms in total. The second-order valence-corrected chi connectivity index (χ2v) is 4.86. The van der Waals surface area contributed by atoms with Crippen LogP contribution in [0.25, 0.3) is 0 Å². The molecular weight excluding hydrogens is 318 g/mol. The van der Waals surface area contributed by atoms with Crippen molar-refractivity contribution < 1.29 is 4.74 Å². The molecule has 94 valence electrons. The van der Waals surface area contributed by atoms with E-state index in [1.165, 1.54) is 0 Å². The fraction of sp³-hybridized carbons (Fsp3) is 0.167. The van der Waals surface area contributed by atoms with Gasteiger partial charge in [0.1, 0.15) is 5.75 Å². The number of ether oxygens (including phenoxy) is 1. The summed E-state index contributed by atoms with van der Waals surface area (Å²) in [5.74, 6) is 1.09. The van der Waals surface area contributed by atoms with E-state index >= 15 is 0 Å². The highest BCUT2D eigenvalue weighted by molar-refractivity contribution is 9.10. The van der Waals surface area contributed by atoms with Gasteiger partial charge in [0.2, 0.25) is 5.88 Å². The standard InChI is InChI=1S/C12H11BrClN3O/c1-15-7-9-3-5-12(17-16-9)18-11-4-2-8(14)6-10(11)13/h2-6,15H,7H2,1H3. The predicted octanol–water partition coefficient (Wildman–Crippen LogP) is 3.40. The van der Waals surface area contributed by atoms with Gasteiger partial charge in [-0.05, 0) is 47.2 Å². The monoisotopic (exact) mass is 327 g/mol. The number of hydrogen-bond acceptors (Lipinski definition) is 4. The molecule has 0 saturated carbocycles. The van der Waals surface area contributed by atoms with Gasteiger partial charge in [-0.3, -0.25) is 0 Å². The number of benzene rings is 1. The highest BCUT2D eigenvalue weighted by atomic mass is 79.9. The SMILES string of the molecule is CNCc1ccc(Oc2ccc(Cl)cc2Br)nn1. The molecule has 0 radical (unpaired) electrons. The van der Waals surface area contributed by atoms with Crippen molar-refractivity contribution in [2.24, 2.45) is 0 Å². The van der Waals surface area contributed by atoms with E-state index in [0.29, 0.717) is 23.2 Å². The van der Waals surface area contributed by atoms with Crippen molar-refractivity contribution >= 4 is 27.5 Å². The quantitative estimate of drug-likeness (QED) is 0.934. The topological polar surface area (TPSA) is 47.0 Å². The van der Waals surface area contributed by atoms with Crippen LogP contribution in [-0.4, -0.2) is 17.2 Å². The maximum atomic E-state index is 5.85. The number of nitrogens with zero attached hydrogens (tertiary/aromatic N) is 2. The second-order valence-electron chi connectivity index (χ2n) is 3.57. The van der Waals surface area contributed by atoms with Crippen molar-refractivity contribution in [2.75, 3.05) is 7.05 Å². The molecule has 6 heteroatoms. The molecule has 0 unspecified atom stereocenters. The van der Waals surface area contributed by atoms with E-state index in [2.05, 4.69) is 31.4 Å². The summed E-state index contributed by atoms with van der Waals surface area (Å²) in [5.41, 5.74) is 0.861. The van der Waals surface area contributed by atoms with Gasteiger partial charge in [0.15, 0.2) is 0 Å². The Morgan fingerprint density at radius 1 is 1.28 bits per heavy atom. The number of aromatic nitrogens is 2. The molecule has 0 aliphatic heterocycles. The fourth-order valence-corrected chi connectivity index (χ4v) is 2.11. The molecule has 0 saturated heterocycles. The Balaban J connectivity index is 2.13. The van der Waals surface area contributed by atoms with Crippen LogP contribution in [0.15, 0.2) is 34.8 Å². The molecule has 2 rings (SSSR count). The van der Waals surface area contributed by atoms with Gasteiger partial charge < -0.3 is 10.1 Å². The lowest BCUT2D eigenvalue weighted by Gasteiger charge is -2.06. The normalized spacial score (nSPS) is 10.4. The fourth-order valence-electron chi connectivity index (χ4n) is 1.35. The lowest BCUT2D eigenvalue weighted by molar-refractivity contribution is 0.451. The van der Waals surface area contributed by atoms with E-state index in [-0.39, 0.29) is 0 Å². The number of hydrogen-bond donors (Lipinski definition) is 1. The van der Waals surface area contributed by atoms with Crippen molar-refractivity contribution in [1.82, 2.24) is 15.5 Å². The summed E-state index contributed by atoms with van der Waals surface area (Å²) in [5, 5.41) is 11.7. The highest BCUT2D eigenvalue weighted by Crippen LogP contribution is 2.30. The summed E-state index contributed by atoms with van der Waals surface area (Å²) in [6, 6.07) is 8.93. The molecule has 0 atom stereocenters. The summed E-state index contributed by atoms with van der Waals surface area (Å²) in [6.45, 7) is 0.678. The molecule has 2 aromatic rings. The lowest BCUT2D eigenvalue weighted by Crippen LogP contribution is -2.07. The van der Waals surface area contributed by atoms with Gasteiger partial charge in [0.05, 0.1) is 10.2 Å². The van der Waals surface area contributed by atoms with E-state index in [0.717, 1.165) is 10.2 Å². The van der Waals surface area contributed by atoms with Crippen molar-refractivity contribution in [3.05, 3.63) is 45.5 Å². The molecule has 0 fully saturated rings. The van der Waals surface area contributed by atoms with Crippen molar-refractivity contribution in [3.63, 3.8) is 0 Å². The molecule has 0 aliphatic carbocycles. The first-order valence-electron chi connectivity index (χ1n) is 5.29. The first kappa shape index (κ1) is 13.3. The zero-order valence-corrected chi connectivity index (χ0v) is 12.0. The smallest absolute Gasteiger partial charge is 0.238 e. The van der Waals surface area contributed by atoms with Crippen LogP contribution in [0.1, 0.15) is 5.69 Å². The number of rotatable bonds is 4. The van der Waals surface area contributed by atoms with Crippen LogP contribution in [0.3, 0.4) is 0 Å². The average Bonchev–Trinajstić information content (AvgIpc) is 2.35. The summed E-state index contributed by atoms with van der Waals surface area (Å²) in [6.07, 6.45) is 0. The molecular formula is C12H11BrClN3O. The molecule has 1 aromatic carbocycles. The van der Waals surface area contributed by atoms with Gasteiger partial charge >= 0.3 is 0 Å². The van der Waals surface area contributed by atoms with E-state index in [9.17, 15) is 0 Å². The van der Waals surface area contributed by atoms with E-state index < -0.39 is 0 Å². The Hall–Kier alpha value is -1.17. The molecule has 18 heavy (non-hydrogen) atoms. The van der Waals surface area contributed by atoms with Crippen LogP contribution >= 0.6 is 27.5 Å². The zero-order chi connectivity index (χ0) is 13.0. The van der Waals surface area contributed by atoms with Crippen LogP contribution in [0.2, 0.25) is 5.02 Å². The molecule has 1 heterocycles. The van der Waals surface area contributed by atoms with Gasteiger partial charge in [0, 0.05) is 17.6 Å². The van der Waals surface area contributed by atoms with Crippen LogP contribution in [-0.2, 0) is 6.54 Å². The summed E-state index contributed by atoms with van der Waals surface area (Å²) < 4.78 is 6.37. The molecule has 0 aliphatic rings. The van der Waals surface area contributed by atoms with E-state index in [4.69, 9.17) is 16.3 Å². The van der Waals surface area contributed by atoms with Gasteiger partial charge in [-0.2, -0.15) is 5.10 Å². The summed E-state index contributed by atoms with van der Waals surface area (Å²) in [7, 11) is 1.86. The maximum absolute atomic E-state index is 5.85. The van der Waals surface area contributed by atoms with Gasteiger partial charge in [-0.1, -0.05) is 11.6 Å². The zero-order valence-electron chi connectivity index (χ0n) is 9.65. The number of halogens is 2. The van der Waals surface area contributed by atoms with Crippen molar-refractivity contribution in [2.45, 2.75) is 6.54 Å². The summed E-state index contributed by atoms with van der Waals surface area (Å²) >= 11 is 9.23. The molecule has 0 amide bonds. The maximum Gasteiger partial charge on any atom is 0.238 e. The Labute approximate surface area is 118 Å². The molecule has 0 spiro atoms. The first-order valence-corrected chi connectivity index (χ1v) is 6.46. The lowest BCUT2D eigenvalue weighted by atomic mass is 10.3. The van der Waals surface area contributed by atoms with Crippen LogP contribution in [0.4, 0.5) is 0 Å². The molecule has 1 aromatic heterocycles. The highest BCUT2D eigenvalue weighted by Gasteiger charge is 2.05. The van der Waals surface area contributed by atoms with Crippen LogP contribution in [0.5, 0.6) is 11.6 Å². The van der Waals surface area contributed by atoms with Gasteiger partial charge in [-0.25, -0.2) is 0 Å². The second kappa shape index (κ2) is 6.13. The van der Waals surface area contributed by atoms with Crippen LogP contribution < -0.4 is 10.1 Å². The minimum atomic E-state index is 0.442. The van der Waals surface area contributed by atoms with Crippen LogP contribution in [0, 0.1) is 0 Å². The van der Waals surface area contributed by atoms with Gasteiger partial charge in [0.25, 0.3) is 0 Å². The summed E-state index contributed by atoms with van der Waals surface area (Å²) in [4.78, 5) is 0. The minimum Gasteiger partial charge on any atom is -0.436 e. The Bertz CT molecular complexity index is 533. The number of nitrogens with one attached hydrogen (secondary N) is 1. The Morgan fingerprint density at radius 2 is 2.11 bits per heavy atom. The Morgan fingerprint density at radius 3 is 2.72 bits per heavy atom. The predicted molar refractivity (Wildman–Crippen MR) is 74.0 cm³/mol. The van der Waals surface area contributed by atoms with E-state index in [1.54, 1.807) is 24.3 Å². The average molecular weight is 329 g/mol. The third-order valence-corrected chi connectivity index (χ3v) is 3.02. The van der Waals surface area contributed by atoms with Crippen molar-refractivity contribution in [1.29, 1.82) is 0 Å². The first-order chi connectivity index (χ1) is 8.69. The third kappa shape index (κ3) is 3.41. The third-order valence-electron chi connectivity index (χ3n) is 2.16. The molecule has 1 N–H and O–H groups in total. The minimum absolute atomic E-state index is 0.442. The van der Waals surface area contributed by atoms with E-state index in [1.807, 2.05) is 13.1 Å². The van der Waals surface area contributed by atoms with Crippen molar-refractivity contribution in [3.8, 4) is 11.6 Å². The molecule has 0 bridgehead atoms. The largest absolute Gasteiger partial charge is 0.436 e.